The first kappa shape index (κ1) is 20.1. The number of nitrogens with zero attached hydrogens (tertiary/aromatic N) is 1. The number of benzene rings is 2. The Hall–Kier alpha value is -3.22. The first-order valence-corrected chi connectivity index (χ1v) is 8.45. The van der Waals surface area contributed by atoms with Crippen molar-refractivity contribution in [3.8, 4) is 17.2 Å². The number of amides is 1. The van der Waals surface area contributed by atoms with Crippen molar-refractivity contribution < 1.29 is 19.0 Å². The van der Waals surface area contributed by atoms with Gasteiger partial charge in [0, 0.05) is 17.3 Å². The van der Waals surface area contributed by atoms with Crippen LogP contribution in [0.4, 0.5) is 5.69 Å². The van der Waals surface area contributed by atoms with Crippen LogP contribution in [0.1, 0.15) is 19.4 Å². The Kier molecular flexibility index (Phi) is 7.05. The van der Waals surface area contributed by atoms with Gasteiger partial charge in [-0.1, -0.05) is 0 Å². The van der Waals surface area contributed by atoms with Crippen LogP contribution in [0, 0.1) is 0 Å². The van der Waals surface area contributed by atoms with Crippen molar-refractivity contribution in [1.29, 1.82) is 0 Å². The number of carbonyl (C=O) groups excluding carboxylic acids is 1. The van der Waals surface area contributed by atoms with Crippen LogP contribution in [0.3, 0.4) is 0 Å². The van der Waals surface area contributed by atoms with Crippen molar-refractivity contribution in [2.75, 3.05) is 26.6 Å². The third kappa shape index (κ3) is 5.37. The summed E-state index contributed by atoms with van der Waals surface area (Å²) >= 11 is 0. The van der Waals surface area contributed by atoms with Gasteiger partial charge in [0.25, 0.3) is 5.91 Å². The summed E-state index contributed by atoms with van der Waals surface area (Å²) in [6, 6.07) is 12.3. The maximum atomic E-state index is 12.3. The van der Waals surface area contributed by atoms with Gasteiger partial charge in [-0.3, -0.25) is 4.79 Å². The number of methoxy groups -OCH3 is 3. The van der Waals surface area contributed by atoms with Crippen molar-refractivity contribution in [2.45, 2.75) is 19.9 Å². The van der Waals surface area contributed by atoms with E-state index in [0.29, 0.717) is 17.2 Å². The molecule has 0 aliphatic carbocycles. The number of ether oxygens (including phenoxy) is 3. The van der Waals surface area contributed by atoms with E-state index in [0.717, 1.165) is 17.0 Å². The number of hydrogen-bond acceptors (Lipinski definition) is 6. The largest absolute Gasteiger partial charge is 0.497 e. The number of nitrogens with one attached hydrogen (secondary N) is 2. The van der Waals surface area contributed by atoms with E-state index in [-0.39, 0.29) is 5.91 Å². The monoisotopic (exact) mass is 371 g/mol. The number of rotatable bonds is 8. The Morgan fingerprint density at radius 2 is 1.59 bits per heavy atom. The Morgan fingerprint density at radius 1 is 0.963 bits per heavy atom. The first-order chi connectivity index (χ1) is 13.0. The Balaban J connectivity index is 2.01. The third-order valence-corrected chi connectivity index (χ3v) is 4.00. The zero-order chi connectivity index (χ0) is 19.8. The lowest BCUT2D eigenvalue weighted by molar-refractivity contribution is -0.121. The molecule has 0 aliphatic heterocycles. The fourth-order valence-electron chi connectivity index (χ4n) is 2.40. The first-order valence-electron chi connectivity index (χ1n) is 8.45. The number of carbonyl (C=O) groups is 1. The van der Waals surface area contributed by atoms with Crippen molar-refractivity contribution in [2.24, 2.45) is 5.10 Å². The zero-order valence-electron chi connectivity index (χ0n) is 16.2. The lowest BCUT2D eigenvalue weighted by atomic mass is 10.1. The molecule has 0 heterocycles. The predicted molar refractivity (Wildman–Crippen MR) is 106 cm³/mol. The molecule has 0 spiro atoms. The Labute approximate surface area is 159 Å². The van der Waals surface area contributed by atoms with Gasteiger partial charge >= 0.3 is 0 Å². The molecule has 7 nitrogen and oxygen atoms in total. The highest BCUT2D eigenvalue weighted by Crippen LogP contribution is 2.25. The molecule has 0 fully saturated rings. The molecule has 0 saturated heterocycles. The second-order valence-electron chi connectivity index (χ2n) is 5.83. The average Bonchev–Trinajstić information content (AvgIpc) is 2.71. The predicted octanol–water partition coefficient (Wildman–Crippen LogP) is 3.05. The lowest BCUT2D eigenvalue weighted by Gasteiger charge is -2.14. The number of anilines is 1. The maximum Gasteiger partial charge on any atom is 0.262 e. The molecule has 2 rings (SSSR count). The average molecular weight is 371 g/mol. The molecule has 0 saturated carbocycles. The minimum atomic E-state index is -0.465. The molecule has 0 aliphatic rings. The normalized spacial score (nSPS) is 12.1. The highest BCUT2D eigenvalue weighted by atomic mass is 16.5. The summed E-state index contributed by atoms with van der Waals surface area (Å²) in [6.45, 7) is 3.56. The molecular weight excluding hydrogens is 346 g/mol. The van der Waals surface area contributed by atoms with Gasteiger partial charge < -0.3 is 19.5 Å². The van der Waals surface area contributed by atoms with Gasteiger partial charge in [-0.15, -0.1) is 0 Å². The zero-order valence-corrected chi connectivity index (χ0v) is 16.2. The highest BCUT2D eigenvalue weighted by Gasteiger charge is 2.13. The number of hydrazone groups is 1. The fraction of sp³-hybridized carbons (Fsp3) is 0.300. The van der Waals surface area contributed by atoms with E-state index < -0.39 is 6.04 Å². The van der Waals surface area contributed by atoms with Crippen LogP contribution in [0.15, 0.2) is 47.6 Å². The van der Waals surface area contributed by atoms with Crippen LogP contribution >= 0.6 is 0 Å². The molecule has 0 unspecified atom stereocenters. The molecule has 0 bridgehead atoms. The van der Waals surface area contributed by atoms with Gasteiger partial charge in [0.05, 0.1) is 27.0 Å². The third-order valence-electron chi connectivity index (χ3n) is 4.00. The molecular formula is C20H25N3O4. The summed E-state index contributed by atoms with van der Waals surface area (Å²) in [4.78, 5) is 12.3. The van der Waals surface area contributed by atoms with Gasteiger partial charge in [0.1, 0.15) is 23.3 Å². The summed E-state index contributed by atoms with van der Waals surface area (Å²) in [6.07, 6.45) is 0. The Morgan fingerprint density at radius 3 is 2.19 bits per heavy atom. The molecule has 1 amide bonds. The topological polar surface area (TPSA) is 81.2 Å². The van der Waals surface area contributed by atoms with E-state index in [1.807, 2.05) is 36.4 Å². The standard InChI is InChI=1S/C20H25N3O4/c1-13(18-11-10-17(26-4)12-19(18)27-5)22-23-20(24)14(2)21-15-6-8-16(25-3)9-7-15/h6-12,14,21H,1-5H3,(H,23,24)/t14-/m1/s1. The quantitative estimate of drug-likeness (QED) is 0.551. The molecule has 2 N–H and O–H groups in total. The van der Waals surface area contributed by atoms with Crippen molar-refractivity contribution in [1.82, 2.24) is 5.43 Å². The van der Waals surface area contributed by atoms with Crippen LogP contribution in [0.5, 0.6) is 17.2 Å². The van der Waals surface area contributed by atoms with Crippen molar-refractivity contribution in [3.05, 3.63) is 48.0 Å². The fourth-order valence-corrected chi connectivity index (χ4v) is 2.40. The second-order valence-corrected chi connectivity index (χ2v) is 5.83. The molecule has 144 valence electrons. The van der Waals surface area contributed by atoms with Gasteiger partial charge in [-0.25, -0.2) is 5.43 Å². The van der Waals surface area contributed by atoms with E-state index in [1.165, 1.54) is 0 Å². The molecule has 1 atom stereocenters. The van der Waals surface area contributed by atoms with Crippen LogP contribution in [0.25, 0.3) is 0 Å². The molecule has 0 radical (unpaired) electrons. The molecule has 7 heteroatoms. The minimum Gasteiger partial charge on any atom is -0.497 e. The van der Waals surface area contributed by atoms with Crippen LogP contribution < -0.4 is 25.0 Å². The summed E-state index contributed by atoms with van der Waals surface area (Å²) in [5.74, 6) is 1.81. The molecule has 2 aromatic rings. The van der Waals surface area contributed by atoms with Gasteiger partial charge in [-0.05, 0) is 50.2 Å². The van der Waals surface area contributed by atoms with Crippen molar-refractivity contribution >= 4 is 17.3 Å². The molecule has 0 aromatic heterocycles. The van der Waals surface area contributed by atoms with Crippen LogP contribution in [-0.4, -0.2) is 39.0 Å². The summed E-state index contributed by atoms with van der Waals surface area (Å²) in [5, 5.41) is 7.30. The smallest absolute Gasteiger partial charge is 0.262 e. The van der Waals surface area contributed by atoms with Gasteiger partial charge in [0.2, 0.25) is 0 Å². The van der Waals surface area contributed by atoms with Gasteiger partial charge in [0.15, 0.2) is 0 Å². The lowest BCUT2D eigenvalue weighted by Crippen LogP contribution is -2.35. The summed E-state index contributed by atoms with van der Waals surface area (Å²) < 4.78 is 15.7. The second kappa shape index (κ2) is 9.47. The van der Waals surface area contributed by atoms with Crippen LogP contribution in [-0.2, 0) is 4.79 Å². The van der Waals surface area contributed by atoms with Crippen molar-refractivity contribution in [3.63, 3.8) is 0 Å². The van der Waals surface area contributed by atoms with E-state index in [4.69, 9.17) is 14.2 Å². The van der Waals surface area contributed by atoms with Gasteiger partial charge in [-0.2, -0.15) is 5.10 Å². The number of hydrogen-bond donors (Lipinski definition) is 2. The van der Waals surface area contributed by atoms with E-state index >= 15 is 0 Å². The van der Waals surface area contributed by atoms with E-state index in [2.05, 4.69) is 15.8 Å². The molecule has 2 aromatic carbocycles. The summed E-state index contributed by atoms with van der Waals surface area (Å²) in [5.41, 5.74) is 4.79. The summed E-state index contributed by atoms with van der Waals surface area (Å²) in [7, 11) is 4.77. The van der Waals surface area contributed by atoms with Crippen LogP contribution in [0.2, 0.25) is 0 Å². The maximum absolute atomic E-state index is 12.3. The van der Waals surface area contributed by atoms with E-state index in [1.54, 1.807) is 41.2 Å². The SMILES string of the molecule is COc1ccc(N[C@H](C)C(=O)NN=C(C)c2ccc(OC)cc2OC)cc1. The van der Waals surface area contributed by atoms with E-state index in [9.17, 15) is 4.79 Å². The minimum absolute atomic E-state index is 0.252. The molecule has 27 heavy (non-hydrogen) atoms. The Bertz CT molecular complexity index is 803. The highest BCUT2D eigenvalue weighted by molar-refractivity contribution is 6.02.